The van der Waals surface area contributed by atoms with Gasteiger partial charge in [-0.05, 0) is 37.5 Å². The van der Waals surface area contributed by atoms with Crippen LogP contribution in [0.25, 0.3) is 0 Å². The van der Waals surface area contributed by atoms with Gasteiger partial charge in [-0.1, -0.05) is 13.8 Å². The van der Waals surface area contributed by atoms with Gasteiger partial charge in [0.2, 0.25) is 5.91 Å². The van der Waals surface area contributed by atoms with E-state index >= 15 is 0 Å². The van der Waals surface area contributed by atoms with E-state index in [4.69, 9.17) is 0 Å². The van der Waals surface area contributed by atoms with Gasteiger partial charge < -0.3 is 4.90 Å². The molecular formula is C12H21NO. The maximum absolute atomic E-state index is 11.9. The van der Waals surface area contributed by atoms with Gasteiger partial charge in [0, 0.05) is 19.0 Å². The van der Waals surface area contributed by atoms with Crippen LogP contribution in [-0.4, -0.2) is 23.9 Å². The van der Waals surface area contributed by atoms with Crippen molar-refractivity contribution < 1.29 is 4.79 Å². The number of carbonyl (C=O) groups excluding carboxylic acids is 1. The van der Waals surface area contributed by atoms with E-state index in [2.05, 4.69) is 0 Å². The van der Waals surface area contributed by atoms with Crippen LogP contribution in [0.3, 0.4) is 0 Å². The summed E-state index contributed by atoms with van der Waals surface area (Å²) in [6.45, 7) is 3.99. The van der Waals surface area contributed by atoms with Crippen molar-refractivity contribution in [2.75, 3.05) is 7.05 Å². The highest BCUT2D eigenvalue weighted by atomic mass is 16.2. The summed E-state index contributed by atoms with van der Waals surface area (Å²) in [7, 11) is 2.00. The smallest absolute Gasteiger partial charge is 0.225 e. The zero-order valence-corrected chi connectivity index (χ0v) is 9.49. The lowest BCUT2D eigenvalue weighted by Gasteiger charge is -2.29. The van der Waals surface area contributed by atoms with Crippen molar-refractivity contribution in [3.63, 3.8) is 0 Å². The molecule has 0 heterocycles. The minimum atomic E-state index is 0.153. The molecule has 2 saturated carbocycles. The number of amides is 1. The second-order valence-electron chi connectivity index (χ2n) is 5.27. The van der Waals surface area contributed by atoms with Crippen molar-refractivity contribution in [3.8, 4) is 0 Å². The zero-order chi connectivity index (χ0) is 10.3. The predicted molar refractivity (Wildman–Crippen MR) is 56.8 cm³/mol. The fraction of sp³-hybridized carbons (Fsp3) is 0.917. The Morgan fingerprint density at radius 1 is 1.14 bits per heavy atom. The molecule has 0 saturated heterocycles. The van der Waals surface area contributed by atoms with Crippen molar-refractivity contribution in [1.29, 1.82) is 0 Å². The average Bonchev–Trinajstić information content (AvgIpc) is 2.96. The maximum atomic E-state index is 11.9. The Balaban J connectivity index is 1.98. The van der Waals surface area contributed by atoms with E-state index in [-0.39, 0.29) is 5.92 Å². The van der Waals surface area contributed by atoms with Crippen LogP contribution in [0.2, 0.25) is 0 Å². The molecule has 0 bridgehead atoms. The van der Waals surface area contributed by atoms with Crippen LogP contribution in [-0.2, 0) is 4.79 Å². The standard InChI is InChI=1S/C12H21NO/c1-8(2)12(14)13(3)11(9-4-5-9)10-6-7-10/h8-11H,4-7H2,1-3H3. The molecule has 2 nitrogen and oxygen atoms in total. The Labute approximate surface area is 86.7 Å². The van der Waals surface area contributed by atoms with Gasteiger partial charge in [0.05, 0.1) is 0 Å². The topological polar surface area (TPSA) is 20.3 Å². The number of hydrogen-bond acceptors (Lipinski definition) is 1. The molecule has 0 spiro atoms. The molecule has 0 N–H and O–H groups in total. The van der Waals surface area contributed by atoms with Gasteiger partial charge >= 0.3 is 0 Å². The highest BCUT2D eigenvalue weighted by molar-refractivity contribution is 5.78. The fourth-order valence-corrected chi connectivity index (χ4v) is 2.45. The first-order valence-electron chi connectivity index (χ1n) is 5.88. The Bertz CT molecular complexity index is 216. The second-order valence-corrected chi connectivity index (χ2v) is 5.27. The number of carbonyl (C=O) groups is 1. The molecule has 1 amide bonds. The van der Waals surface area contributed by atoms with Gasteiger partial charge in [-0.2, -0.15) is 0 Å². The minimum Gasteiger partial charge on any atom is -0.342 e. The SMILES string of the molecule is CC(C)C(=O)N(C)C(C1CC1)C1CC1. The van der Waals surface area contributed by atoms with E-state index in [1.54, 1.807) is 0 Å². The number of nitrogens with zero attached hydrogens (tertiary/aromatic N) is 1. The van der Waals surface area contributed by atoms with Crippen molar-refractivity contribution in [1.82, 2.24) is 4.90 Å². The van der Waals surface area contributed by atoms with E-state index in [0.29, 0.717) is 11.9 Å². The quantitative estimate of drug-likeness (QED) is 0.674. The summed E-state index contributed by atoms with van der Waals surface area (Å²) >= 11 is 0. The molecule has 2 heteroatoms. The lowest BCUT2D eigenvalue weighted by molar-refractivity contribution is -0.136. The van der Waals surface area contributed by atoms with Gasteiger partial charge in [-0.15, -0.1) is 0 Å². The molecule has 2 aliphatic carbocycles. The summed E-state index contributed by atoms with van der Waals surface area (Å²) in [6.07, 6.45) is 5.38. The third-order valence-corrected chi connectivity index (χ3v) is 3.50. The summed E-state index contributed by atoms with van der Waals surface area (Å²) in [4.78, 5) is 13.9. The number of rotatable bonds is 4. The summed E-state index contributed by atoms with van der Waals surface area (Å²) in [5.74, 6) is 2.14. The first-order valence-corrected chi connectivity index (χ1v) is 5.88. The van der Waals surface area contributed by atoms with Crippen LogP contribution in [0.15, 0.2) is 0 Å². The van der Waals surface area contributed by atoms with Gasteiger partial charge in [0.15, 0.2) is 0 Å². The lowest BCUT2D eigenvalue weighted by atomic mass is 10.0. The molecule has 0 atom stereocenters. The van der Waals surface area contributed by atoms with Gasteiger partial charge in [0.25, 0.3) is 0 Å². The molecule has 2 aliphatic rings. The first-order chi connectivity index (χ1) is 6.61. The van der Waals surface area contributed by atoms with Crippen LogP contribution in [0.5, 0.6) is 0 Å². The van der Waals surface area contributed by atoms with E-state index in [1.165, 1.54) is 25.7 Å². The van der Waals surface area contributed by atoms with Crippen molar-refractivity contribution >= 4 is 5.91 Å². The van der Waals surface area contributed by atoms with Crippen LogP contribution >= 0.6 is 0 Å². The van der Waals surface area contributed by atoms with E-state index < -0.39 is 0 Å². The average molecular weight is 195 g/mol. The molecule has 0 aromatic rings. The summed E-state index contributed by atoms with van der Waals surface area (Å²) in [5.41, 5.74) is 0. The second kappa shape index (κ2) is 3.56. The van der Waals surface area contributed by atoms with Crippen LogP contribution in [0, 0.1) is 17.8 Å². The number of hydrogen-bond donors (Lipinski definition) is 0. The molecule has 2 rings (SSSR count). The molecule has 0 aromatic heterocycles. The molecular weight excluding hydrogens is 174 g/mol. The molecule has 0 aromatic carbocycles. The summed E-state index contributed by atoms with van der Waals surface area (Å²) in [6, 6.07) is 0.574. The highest BCUT2D eigenvalue weighted by Gasteiger charge is 2.45. The Kier molecular flexibility index (Phi) is 2.54. The fourth-order valence-electron chi connectivity index (χ4n) is 2.45. The zero-order valence-electron chi connectivity index (χ0n) is 9.49. The van der Waals surface area contributed by atoms with Crippen molar-refractivity contribution in [2.45, 2.75) is 45.6 Å². The van der Waals surface area contributed by atoms with Crippen molar-refractivity contribution in [3.05, 3.63) is 0 Å². The van der Waals surface area contributed by atoms with E-state index in [1.807, 2.05) is 25.8 Å². The Morgan fingerprint density at radius 3 is 1.86 bits per heavy atom. The third-order valence-electron chi connectivity index (χ3n) is 3.50. The van der Waals surface area contributed by atoms with Crippen LogP contribution in [0.4, 0.5) is 0 Å². The molecule has 80 valence electrons. The predicted octanol–water partition coefficient (Wildman–Crippen LogP) is 2.29. The lowest BCUT2D eigenvalue weighted by Crippen LogP contribution is -2.42. The summed E-state index contributed by atoms with van der Waals surface area (Å²) < 4.78 is 0. The van der Waals surface area contributed by atoms with Gasteiger partial charge in [-0.3, -0.25) is 4.79 Å². The molecule has 0 radical (unpaired) electrons. The Morgan fingerprint density at radius 2 is 1.57 bits per heavy atom. The molecule has 14 heavy (non-hydrogen) atoms. The van der Waals surface area contributed by atoms with Gasteiger partial charge in [0.1, 0.15) is 0 Å². The first kappa shape index (κ1) is 10.0. The largest absolute Gasteiger partial charge is 0.342 e. The van der Waals surface area contributed by atoms with E-state index in [0.717, 1.165) is 11.8 Å². The maximum Gasteiger partial charge on any atom is 0.225 e. The summed E-state index contributed by atoms with van der Waals surface area (Å²) in [5, 5.41) is 0. The molecule has 2 fully saturated rings. The third kappa shape index (κ3) is 1.94. The van der Waals surface area contributed by atoms with Crippen LogP contribution in [0.1, 0.15) is 39.5 Å². The van der Waals surface area contributed by atoms with E-state index in [9.17, 15) is 4.79 Å². The Hall–Kier alpha value is -0.530. The van der Waals surface area contributed by atoms with Gasteiger partial charge in [-0.25, -0.2) is 0 Å². The highest BCUT2D eigenvalue weighted by Crippen LogP contribution is 2.47. The van der Waals surface area contributed by atoms with Crippen molar-refractivity contribution in [2.24, 2.45) is 17.8 Å². The minimum absolute atomic E-state index is 0.153. The van der Waals surface area contributed by atoms with Crippen LogP contribution < -0.4 is 0 Å². The molecule has 0 aliphatic heterocycles. The molecule has 0 unspecified atom stereocenters. The normalized spacial score (nSPS) is 21.8. The monoisotopic (exact) mass is 195 g/mol.